The van der Waals surface area contributed by atoms with Crippen LogP contribution in [0.5, 0.6) is 5.88 Å². The van der Waals surface area contributed by atoms with Gasteiger partial charge in [-0.15, -0.1) is 0 Å². The fraction of sp³-hybridized carbons (Fsp3) is 0.500. The Morgan fingerprint density at radius 3 is 2.75 bits per heavy atom. The maximum atomic E-state index is 11.1. The molecule has 2 heterocycles. The number of ether oxygens (including phenoxy) is 1. The molecule has 20 heavy (non-hydrogen) atoms. The maximum Gasteiger partial charge on any atom is 0.311 e. The lowest BCUT2D eigenvalue weighted by Crippen LogP contribution is -2.24. The van der Waals surface area contributed by atoms with E-state index in [1.807, 2.05) is 6.92 Å². The Balaban J connectivity index is 2.37. The van der Waals surface area contributed by atoms with Crippen molar-refractivity contribution < 1.29 is 19.6 Å². The first-order valence-corrected chi connectivity index (χ1v) is 6.11. The molecule has 0 saturated carbocycles. The van der Waals surface area contributed by atoms with Crippen LogP contribution in [0, 0.1) is 22.0 Å². The van der Waals surface area contributed by atoms with Crippen molar-refractivity contribution in [1.82, 2.24) is 4.98 Å². The Morgan fingerprint density at radius 2 is 2.25 bits per heavy atom. The van der Waals surface area contributed by atoms with E-state index in [1.165, 1.54) is 19.2 Å². The molecule has 1 saturated heterocycles. The van der Waals surface area contributed by atoms with Gasteiger partial charge in [0.05, 0.1) is 18.0 Å². The number of aliphatic carboxylic acids is 1. The first kappa shape index (κ1) is 14.0. The van der Waals surface area contributed by atoms with Crippen LogP contribution in [0.1, 0.15) is 6.92 Å². The zero-order valence-electron chi connectivity index (χ0n) is 11.1. The fourth-order valence-corrected chi connectivity index (χ4v) is 2.37. The zero-order valence-corrected chi connectivity index (χ0v) is 11.1. The minimum atomic E-state index is -0.898. The van der Waals surface area contributed by atoms with Crippen LogP contribution >= 0.6 is 0 Å². The maximum absolute atomic E-state index is 11.1. The molecule has 108 valence electrons. The van der Waals surface area contributed by atoms with Crippen molar-refractivity contribution in [2.24, 2.45) is 11.8 Å². The molecule has 0 amide bonds. The van der Waals surface area contributed by atoms with Gasteiger partial charge in [0.1, 0.15) is 0 Å². The van der Waals surface area contributed by atoms with Gasteiger partial charge in [0, 0.05) is 25.2 Å². The molecule has 1 N–H and O–H groups in total. The molecule has 1 aromatic heterocycles. The van der Waals surface area contributed by atoms with Crippen LogP contribution in [0.15, 0.2) is 12.1 Å². The van der Waals surface area contributed by atoms with Crippen LogP contribution in [-0.2, 0) is 4.79 Å². The molecular formula is C12H15N3O5. The number of nitro groups is 1. The number of anilines is 1. The van der Waals surface area contributed by atoms with Crippen molar-refractivity contribution in [2.45, 2.75) is 6.92 Å². The van der Waals surface area contributed by atoms with Gasteiger partial charge in [-0.05, 0) is 5.92 Å². The molecule has 2 rings (SSSR count). The summed E-state index contributed by atoms with van der Waals surface area (Å²) in [7, 11) is 1.42. The van der Waals surface area contributed by atoms with Crippen molar-refractivity contribution in [3.05, 3.63) is 22.2 Å². The van der Waals surface area contributed by atoms with Gasteiger partial charge in [-0.25, -0.2) is 0 Å². The highest BCUT2D eigenvalue weighted by Crippen LogP contribution is 2.34. The SMILES string of the molecule is COc1ccc([N+](=O)[O-])c(N2CC(C)C(C(=O)O)C2)n1. The van der Waals surface area contributed by atoms with Gasteiger partial charge in [0.2, 0.25) is 11.7 Å². The summed E-state index contributed by atoms with van der Waals surface area (Å²) in [5.41, 5.74) is -0.149. The lowest BCUT2D eigenvalue weighted by Gasteiger charge is -2.17. The summed E-state index contributed by atoms with van der Waals surface area (Å²) in [6, 6.07) is 2.73. The number of nitrogens with zero attached hydrogens (tertiary/aromatic N) is 3. The highest BCUT2D eigenvalue weighted by atomic mass is 16.6. The smallest absolute Gasteiger partial charge is 0.311 e. The molecule has 0 radical (unpaired) electrons. The molecule has 0 aromatic carbocycles. The average molecular weight is 281 g/mol. The van der Waals surface area contributed by atoms with Crippen molar-refractivity contribution in [1.29, 1.82) is 0 Å². The normalized spacial score (nSPS) is 21.8. The molecule has 1 aliphatic rings. The largest absolute Gasteiger partial charge is 0.481 e. The van der Waals surface area contributed by atoms with Gasteiger partial charge in [-0.3, -0.25) is 14.9 Å². The summed E-state index contributed by atoms with van der Waals surface area (Å²) < 4.78 is 4.97. The van der Waals surface area contributed by atoms with Gasteiger partial charge in [0.15, 0.2) is 0 Å². The summed E-state index contributed by atoms with van der Waals surface area (Å²) in [6.07, 6.45) is 0. The number of hydrogen-bond acceptors (Lipinski definition) is 6. The zero-order chi connectivity index (χ0) is 14.9. The summed E-state index contributed by atoms with van der Waals surface area (Å²) in [6.45, 7) is 2.43. The van der Waals surface area contributed by atoms with Crippen LogP contribution in [0.2, 0.25) is 0 Å². The van der Waals surface area contributed by atoms with Gasteiger partial charge in [-0.1, -0.05) is 6.92 Å². The van der Waals surface area contributed by atoms with Crippen molar-refractivity contribution in [2.75, 3.05) is 25.1 Å². The highest BCUT2D eigenvalue weighted by molar-refractivity contribution is 5.73. The summed E-state index contributed by atoms with van der Waals surface area (Å²) in [4.78, 5) is 27.4. The molecule has 1 fully saturated rings. The highest BCUT2D eigenvalue weighted by Gasteiger charge is 2.37. The van der Waals surface area contributed by atoms with Gasteiger partial charge in [-0.2, -0.15) is 4.98 Å². The van der Waals surface area contributed by atoms with E-state index in [0.29, 0.717) is 6.54 Å². The van der Waals surface area contributed by atoms with Crippen LogP contribution in [-0.4, -0.2) is 41.2 Å². The van der Waals surface area contributed by atoms with E-state index in [9.17, 15) is 14.9 Å². The number of pyridine rings is 1. The second kappa shape index (κ2) is 5.32. The molecule has 2 atom stereocenters. The minimum Gasteiger partial charge on any atom is -0.481 e. The number of hydrogen-bond donors (Lipinski definition) is 1. The van der Waals surface area contributed by atoms with E-state index >= 15 is 0 Å². The van der Waals surface area contributed by atoms with Crippen molar-refractivity contribution in [3.63, 3.8) is 0 Å². The topological polar surface area (TPSA) is 106 Å². The average Bonchev–Trinajstić information content (AvgIpc) is 2.80. The van der Waals surface area contributed by atoms with E-state index in [0.717, 1.165) is 0 Å². The number of carbonyl (C=O) groups is 1. The number of carboxylic acids is 1. The third-order valence-corrected chi connectivity index (χ3v) is 3.46. The molecule has 0 bridgehead atoms. The standard InChI is InChI=1S/C12H15N3O5/c1-7-5-14(6-8(7)12(16)17)11-9(15(18)19)3-4-10(13-11)20-2/h3-4,7-8H,5-6H2,1-2H3,(H,16,17). The third kappa shape index (κ3) is 2.49. The Labute approximate surface area is 115 Å². The van der Waals surface area contributed by atoms with E-state index in [1.54, 1.807) is 4.90 Å². The van der Waals surface area contributed by atoms with E-state index < -0.39 is 16.8 Å². The van der Waals surface area contributed by atoms with E-state index in [-0.39, 0.29) is 29.8 Å². The van der Waals surface area contributed by atoms with Crippen LogP contribution in [0.25, 0.3) is 0 Å². The molecule has 2 unspecified atom stereocenters. The predicted molar refractivity (Wildman–Crippen MR) is 69.9 cm³/mol. The lowest BCUT2D eigenvalue weighted by atomic mass is 9.99. The summed E-state index contributed by atoms with van der Waals surface area (Å²) in [5, 5.41) is 20.2. The molecule has 0 spiro atoms. The van der Waals surface area contributed by atoms with Gasteiger partial charge in [0.25, 0.3) is 0 Å². The summed E-state index contributed by atoms with van der Waals surface area (Å²) in [5.74, 6) is -1.13. The molecular weight excluding hydrogens is 266 g/mol. The number of methoxy groups -OCH3 is 1. The molecule has 8 nitrogen and oxygen atoms in total. The molecule has 0 aliphatic carbocycles. The van der Waals surface area contributed by atoms with E-state index in [2.05, 4.69) is 4.98 Å². The first-order valence-electron chi connectivity index (χ1n) is 6.11. The Hall–Kier alpha value is -2.38. The summed E-state index contributed by atoms with van der Waals surface area (Å²) >= 11 is 0. The third-order valence-electron chi connectivity index (χ3n) is 3.46. The number of aromatic nitrogens is 1. The lowest BCUT2D eigenvalue weighted by molar-refractivity contribution is -0.384. The second-order valence-electron chi connectivity index (χ2n) is 4.78. The number of carboxylic acid groups (broad SMARTS) is 1. The fourth-order valence-electron chi connectivity index (χ4n) is 2.37. The van der Waals surface area contributed by atoms with Gasteiger partial charge >= 0.3 is 11.7 Å². The van der Waals surface area contributed by atoms with Crippen molar-refractivity contribution >= 4 is 17.5 Å². The predicted octanol–water partition coefficient (Wildman–Crippen LogP) is 1.16. The van der Waals surface area contributed by atoms with Gasteiger partial charge < -0.3 is 14.7 Å². The van der Waals surface area contributed by atoms with Crippen LogP contribution < -0.4 is 9.64 Å². The minimum absolute atomic E-state index is 0.0971. The molecule has 8 heteroatoms. The van der Waals surface area contributed by atoms with Crippen molar-refractivity contribution in [3.8, 4) is 5.88 Å². The Bertz CT molecular complexity index is 548. The Morgan fingerprint density at radius 1 is 1.55 bits per heavy atom. The molecule has 1 aliphatic heterocycles. The van der Waals surface area contributed by atoms with Crippen LogP contribution in [0.4, 0.5) is 11.5 Å². The van der Waals surface area contributed by atoms with E-state index in [4.69, 9.17) is 9.84 Å². The second-order valence-corrected chi connectivity index (χ2v) is 4.78. The Kier molecular flexibility index (Phi) is 3.73. The number of rotatable bonds is 4. The quantitative estimate of drug-likeness (QED) is 0.651. The first-order chi connectivity index (χ1) is 9.43. The molecule has 1 aromatic rings. The van der Waals surface area contributed by atoms with Crippen LogP contribution in [0.3, 0.4) is 0 Å². The monoisotopic (exact) mass is 281 g/mol.